The molecule has 0 bridgehead atoms. The smallest absolute Gasteiger partial charge is 0.188 e. The summed E-state index contributed by atoms with van der Waals surface area (Å²) < 4.78 is 5.50. The molecule has 0 spiro atoms. The van der Waals surface area contributed by atoms with E-state index in [1.165, 1.54) is 25.7 Å². The molecule has 0 aromatic carbocycles. The Bertz CT molecular complexity index is 247. The van der Waals surface area contributed by atoms with Gasteiger partial charge in [-0.25, -0.2) is 0 Å². The minimum atomic E-state index is 0.341. The Kier molecular flexibility index (Phi) is 7.09. The van der Waals surface area contributed by atoms with Crippen molar-refractivity contribution in [2.45, 2.75) is 52.4 Å². The van der Waals surface area contributed by atoms with Crippen molar-refractivity contribution in [1.29, 1.82) is 0 Å². The summed E-state index contributed by atoms with van der Waals surface area (Å²) in [7, 11) is 0. The van der Waals surface area contributed by atoms with Gasteiger partial charge in [0.25, 0.3) is 0 Å². The summed E-state index contributed by atoms with van der Waals surface area (Å²) in [6.07, 6.45) is 7.38. The SMILES string of the molecule is CCCNC(N)=NCC1(CCOCC)CCCC1. The first-order valence-corrected chi connectivity index (χ1v) is 7.34. The summed E-state index contributed by atoms with van der Waals surface area (Å²) in [5.41, 5.74) is 6.20. The first-order chi connectivity index (χ1) is 8.72. The van der Waals surface area contributed by atoms with Crippen LogP contribution in [0.25, 0.3) is 0 Å². The second-order valence-corrected chi connectivity index (χ2v) is 5.28. The van der Waals surface area contributed by atoms with Crippen LogP contribution in [0.5, 0.6) is 0 Å². The van der Waals surface area contributed by atoms with Crippen LogP contribution < -0.4 is 11.1 Å². The fourth-order valence-corrected chi connectivity index (χ4v) is 2.61. The van der Waals surface area contributed by atoms with Gasteiger partial charge in [-0.2, -0.15) is 0 Å². The Morgan fingerprint density at radius 2 is 2.06 bits per heavy atom. The summed E-state index contributed by atoms with van der Waals surface area (Å²) in [6, 6.07) is 0. The highest BCUT2D eigenvalue weighted by Crippen LogP contribution is 2.41. The molecule has 3 N–H and O–H groups in total. The van der Waals surface area contributed by atoms with E-state index in [0.717, 1.165) is 39.1 Å². The van der Waals surface area contributed by atoms with Gasteiger partial charge in [0, 0.05) is 26.3 Å². The lowest BCUT2D eigenvalue weighted by atomic mass is 9.83. The molecule has 18 heavy (non-hydrogen) atoms. The van der Waals surface area contributed by atoms with Gasteiger partial charge in [-0.15, -0.1) is 0 Å². The zero-order chi connectivity index (χ0) is 13.3. The van der Waals surface area contributed by atoms with E-state index in [4.69, 9.17) is 10.5 Å². The van der Waals surface area contributed by atoms with Crippen molar-refractivity contribution in [2.24, 2.45) is 16.1 Å². The van der Waals surface area contributed by atoms with Crippen molar-refractivity contribution in [2.75, 3.05) is 26.3 Å². The maximum absolute atomic E-state index is 5.86. The number of aliphatic imine (C=N–C) groups is 1. The largest absolute Gasteiger partial charge is 0.382 e. The molecule has 4 nitrogen and oxygen atoms in total. The van der Waals surface area contributed by atoms with E-state index in [9.17, 15) is 0 Å². The van der Waals surface area contributed by atoms with Crippen molar-refractivity contribution in [3.8, 4) is 0 Å². The molecule has 1 aliphatic rings. The number of guanidine groups is 1. The van der Waals surface area contributed by atoms with Crippen LogP contribution in [-0.4, -0.2) is 32.3 Å². The second kappa shape index (κ2) is 8.35. The van der Waals surface area contributed by atoms with E-state index in [0.29, 0.717) is 11.4 Å². The molecule has 1 rings (SSSR count). The summed E-state index contributed by atoms with van der Waals surface area (Å²) in [5.74, 6) is 0.597. The molecule has 0 radical (unpaired) electrons. The highest BCUT2D eigenvalue weighted by atomic mass is 16.5. The summed E-state index contributed by atoms with van der Waals surface area (Å²) >= 11 is 0. The summed E-state index contributed by atoms with van der Waals surface area (Å²) in [5, 5.41) is 3.14. The molecule has 0 aromatic rings. The van der Waals surface area contributed by atoms with Crippen LogP contribution in [0.15, 0.2) is 4.99 Å². The third-order valence-electron chi connectivity index (χ3n) is 3.79. The maximum Gasteiger partial charge on any atom is 0.188 e. The highest BCUT2D eigenvalue weighted by molar-refractivity contribution is 5.77. The lowest BCUT2D eigenvalue weighted by Gasteiger charge is -2.27. The van der Waals surface area contributed by atoms with Gasteiger partial charge in [0.1, 0.15) is 0 Å². The standard InChI is InChI=1S/C14H29N3O/c1-3-10-16-13(15)17-12-14(7-5-6-8-14)9-11-18-4-2/h3-12H2,1-2H3,(H3,15,16,17). The molecule has 1 aliphatic carbocycles. The average Bonchev–Trinajstić information content (AvgIpc) is 2.84. The first kappa shape index (κ1) is 15.3. The Hall–Kier alpha value is -0.770. The lowest BCUT2D eigenvalue weighted by Crippen LogP contribution is -2.34. The topological polar surface area (TPSA) is 59.6 Å². The molecule has 0 aromatic heterocycles. The average molecular weight is 255 g/mol. The van der Waals surface area contributed by atoms with E-state index in [2.05, 4.69) is 17.2 Å². The van der Waals surface area contributed by atoms with Crippen LogP contribution >= 0.6 is 0 Å². The number of nitrogens with one attached hydrogen (secondary N) is 1. The lowest BCUT2D eigenvalue weighted by molar-refractivity contribution is 0.107. The van der Waals surface area contributed by atoms with Crippen molar-refractivity contribution in [3.05, 3.63) is 0 Å². The molecule has 106 valence electrons. The Labute approximate surface area is 111 Å². The number of nitrogens with zero attached hydrogens (tertiary/aromatic N) is 1. The van der Waals surface area contributed by atoms with E-state index in [1.807, 2.05) is 6.92 Å². The van der Waals surface area contributed by atoms with Crippen LogP contribution in [0.1, 0.15) is 52.4 Å². The molecule has 4 heteroatoms. The normalized spacial score (nSPS) is 19.1. The monoisotopic (exact) mass is 255 g/mol. The van der Waals surface area contributed by atoms with Gasteiger partial charge >= 0.3 is 0 Å². The zero-order valence-electron chi connectivity index (χ0n) is 12.0. The molecular formula is C14H29N3O. The maximum atomic E-state index is 5.86. The minimum Gasteiger partial charge on any atom is -0.382 e. The summed E-state index contributed by atoms with van der Waals surface area (Å²) in [6.45, 7) is 7.59. The molecule has 0 atom stereocenters. The van der Waals surface area contributed by atoms with Crippen molar-refractivity contribution in [1.82, 2.24) is 5.32 Å². The van der Waals surface area contributed by atoms with Gasteiger partial charge in [0.2, 0.25) is 0 Å². The van der Waals surface area contributed by atoms with Crippen molar-refractivity contribution in [3.63, 3.8) is 0 Å². The highest BCUT2D eigenvalue weighted by Gasteiger charge is 2.33. The van der Waals surface area contributed by atoms with Crippen LogP contribution in [0.4, 0.5) is 0 Å². The Balaban J connectivity index is 2.41. The molecule has 1 fully saturated rings. The van der Waals surface area contributed by atoms with Gasteiger partial charge in [-0.1, -0.05) is 19.8 Å². The molecule has 0 saturated heterocycles. The van der Waals surface area contributed by atoms with Crippen LogP contribution in [-0.2, 0) is 4.74 Å². The number of nitrogens with two attached hydrogens (primary N) is 1. The molecular weight excluding hydrogens is 226 g/mol. The van der Waals surface area contributed by atoms with Crippen molar-refractivity contribution >= 4 is 5.96 Å². The molecule has 0 unspecified atom stereocenters. The predicted molar refractivity (Wildman–Crippen MR) is 76.8 cm³/mol. The van der Waals surface area contributed by atoms with Crippen LogP contribution in [0, 0.1) is 5.41 Å². The molecule has 0 amide bonds. The molecule has 0 aliphatic heterocycles. The van der Waals surface area contributed by atoms with Crippen LogP contribution in [0.3, 0.4) is 0 Å². The van der Waals surface area contributed by atoms with E-state index in [-0.39, 0.29) is 0 Å². The van der Waals surface area contributed by atoms with Gasteiger partial charge in [0.05, 0.1) is 0 Å². The number of rotatable bonds is 8. The number of ether oxygens (including phenoxy) is 1. The predicted octanol–water partition coefficient (Wildman–Crippen LogP) is 2.29. The fourth-order valence-electron chi connectivity index (χ4n) is 2.61. The zero-order valence-corrected chi connectivity index (χ0v) is 12.0. The quantitative estimate of drug-likeness (QED) is 0.397. The number of hydrogen-bond donors (Lipinski definition) is 2. The van der Waals surface area contributed by atoms with Gasteiger partial charge in [-0.05, 0) is 38.0 Å². The fraction of sp³-hybridized carbons (Fsp3) is 0.929. The van der Waals surface area contributed by atoms with Gasteiger partial charge in [-0.3, -0.25) is 4.99 Å². The number of hydrogen-bond acceptors (Lipinski definition) is 2. The third kappa shape index (κ3) is 5.25. The Morgan fingerprint density at radius 3 is 2.67 bits per heavy atom. The van der Waals surface area contributed by atoms with Crippen LogP contribution in [0.2, 0.25) is 0 Å². The Morgan fingerprint density at radius 1 is 1.33 bits per heavy atom. The van der Waals surface area contributed by atoms with E-state index >= 15 is 0 Å². The first-order valence-electron chi connectivity index (χ1n) is 7.34. The van der Waals surface area contributed by atoms with Gasteiger partial charge < -0.3 is 15.8 Å². The van der Waals surface area contributed by atoms with Crippen molar-refractivity contribution < 1.29 is 4.74 Å². The summed E-state index contributed by atoms with van der Waals surface area (Å²) in [4.78, 5) is 4.52. The second-order valence-electron chi connectivity index (χ2n) is 5.28. The molecule has 1 saturated carbocycles. The van der Waals surface area contributed by atoms with E-state index < -0.39 is 0 Å². The molecule has 0 heterocycles. The van der Waals surface area contributed by atoms with Gasteiger partial charge in [0.15, 0.2) is 5.96 Å². The van der Waals surface area contributed by atoms with E-state index in [1.54, 1.807) is 0 Å². The third-order valence-corrected chi connectivity index (χ3v) is 3.79. The minimum absolute atomic E-state index is 0.341.